The molecule has 0 spiro atoms. The Hall–Kier alpha value is -3.94. The van der Waals surface area contributed by atoms with E-state index in [1.54, 1.807) is 36.0 Å². The molecule has 0 saturated carbocycles. The number of benzene rings is 4. The minimum absolute atomic E-state index is 0.0372. The standard InChI is InChI=1S/C27H21FN4OS/c28-22-14-7-13-21(17-22)26-29-30-27(32(26)24-16-8-15-23(18-24)31-33)34-25(19-9-3-1-4-10-19)20-11-5-2-6-12-20/h1-18,25,31,33H. The number of thioether (sulfide) groups is 1. The van der Waals surface area contributed by atoms with Crippen molar-refractivity contribution in [1.29, 1.82) is 0 Å². The molecule has 2 N–H and O–H groups in total. The summed E-state index contributed by atoms with van der Waals surface area (Å²) in [6.45, 7) is 0. The summed E-state index contributed by atoms with van der Waals surface area (Å²) in [5, 5.41) is 19.0. The maximum Gasteiger partial charge on any atom is 0.197 e. The maximum atomic E-state index is 14.1. The van der Waals surface area contributed by atoms with Crippen LogP contribution in [0, 0.1) is 5.82 Å². The summed E-state index contributed by atoms with van der Waals surface area (Å²) in [5.41, 5.74) is 6.32. The Kier molecular flexibility index (Phi) is 6.38. The highest BCUT2D eigenvalue weighted by atomic mass is 32.2. The van der Waals surface area contributed by atoms with Crippen molar-refractivity contribution in [2.24, 2.45) is 0 Å². The van der Waals surface area contributed by atoms with Crippen LogP contribution in [-0.2, 0) is 0 Å². The molecule has 1 aromatic heterocycles. The van der Waals surface area contributed by atoms with Crippen LogP contribution in [0.3, 0.4) is 0 Å². The monoisotopic (exact) mass is 468 g/mol. The fraction of sp³-hybridized carbons (Fsp3) is 0.0370. The van der Waals surface area contributed by atoms with Crippen molar-refractivity contribution in [2.45, 2.75) is 10.4 Å². The first-order valence-electron chi connectivity index (χ1n) is 10.7. The molecule has 0 radical (unpaired) electrons. The predicted octanol–water partition coefficient (Wildman–Crippen LogP) is 6.76. The molecular formula is C27H21FN4OS. The van der Waals surface area contributed by atoms with Gasteiger partial charge >= 0.3 is 0 Å². The van der Waals surface area contributed by atoms with Crippen LogP contribution in [0.2, 0.25) is 0 Å². The van der Waals surface area contributed by atoms with Crippen molar-refractivity contribution < 1.29 is 9.60 Å². The Morgan fingerprint density at radius 1 is 0.765 bits per heavy atom. The van der Waals surface area contributed by atoms with Gasteiger partial charge in [0.1, 0.15) is 5.82 Å². The zero-order valence-corrected chi connectivity index (χ0v) is 18.9. The number of anilines is 1. The van der Waals surface area contributed by atoms with Crippen LogP contribution in [0.5, 0.6) is 0 Å². The van der Waals surface area contributed by atoms with Gasteiger partial charge in [-0.3, -0.25) is 15.3 Å². The van der Waals surface area contributed by atoms with Crippen molar-refractivity contribution in [3.8, 4) is 17.1 Å². The first-order valence-corrected chi connectivity index (χ1v) is 11.6. The third-order valence-electron chi connectivity index (χ3n) is 5.38. The predicted molar refractivity (Wildman–Crippen MR) is 133 cm³/mol. The van der Waals surface area contributed by atoms with Gasteiger partial charge in [0.05, 0.1) is 16.6 Å². The number of hydrogen-bond acceptors (Lipinski definition) is 5. The molecule has 0 saturated heterocycles. The number of aromatic nitrogens is 3. The number of nitrogens with one attached hydrogen (secondary N) is 1. The summed E-state index contributed by atoms with van der Waals surface area (Å²) in [6, 6.07) is 34.0. The van der Waals surface area contributed by atoms with E-state index in [1.807, 2.05) is 53.1 Å². The Morgan fingerprint density at radius 2 is 1.44 bits per heavy atom. The minimum Gasteiger partial charge on any atom is -0.291 e. The molecular weight excluding hydrogens is 447 g/mol. The summed E-state index contributed by atoms with van der Waals surface area (Å²) in [6.07, 6.45) is 0. The smallest absolute Gasteiger partial charge is 0.197 e. The van der Waals surface area contributed by atoms with Crippen LogP contribution >= 0.6 is 11.8 Å². The van der Waals surface area contributed by atoms with E-state index in [0.29, 0.717) is 22.2 Å². The Balaban J connectivity index is 1.66. The average Bonchev–Trinajstić information content (AvgIpc) is 3.32. The topological polar surface area (TPSA) is 63.0 Å². The third-order valence-corrected chi connectivity index (χ3v) is 6.63. The lowest BCUT2D eigenvalue weighted by Crippen LogP contribution is -2.03. The van der Waals surface area contributed by atoms with Gasteiger partial charge in [0.25, 0.3) is 0 Å². The largest absolute Gasteiger partial charge is 0.291 e. The molecule has 0 fully saturated rings. The molecule has 0 aliphatic carbocycles. The highest BCUT2D eigenvalue weighted by Crippen LogP contribution is 2.41. The SMILES string of the molecule is ONc1cccc(-n2c(SC(c3ccccc3)c3ccccc3)nnc2-c2cccc(F)c2)c1. The van der Waals surface area contributed by atoms with Gasteiger partial charge in [-0.05, 0) is 41.5 Å². The summed E-state index contributed by atoms with van der Waals surface area (Å²) in [4.78, 5) is 0. The van der Waals surface area contributed by atoms with Crippen LogP contribution in [0.25, 0.3) is 17.1 Å². The Morgan fingerprint density at radius 3 is 2.09 bits per heavy atom. The molecule has 5 aromatic rings. The van der Waals surface area contributed by atoms with Gasteiger partial charge in [0, 0.05) is 5.56 Å². The second-order valence-corrected chi connectivity index (χ2v) is 8.71. The normalized spacial score (nSPS) is 11.0. The van der Waals surface area contributed by atoms with E-state index in [1.165, 1.54) is 12.1 Å². The first kappa shape index (κ1) is 21.9. The van der Waals surface area contributed by atoms with Gasteiger partial charge in [-0.15, -0.1) is 10.2 Å². The number of hydrogen-bond donors (Lipinski definition) is 2. The van der Waals surface area contributed by atoms with Crippen LogP contribution in [0.1, 0.15) is 16.4 Å². The fourth-order valence-electron chi connectivity index (χ4n) is 3.80. The van der Waals surface area contributed by atoms with Crippen LogP contribution in [0.4, 0.5) is 10.1 Å². The van der Waals surface area contributed by atoms with Gasteiger partial charge in [0.2, 0.25) is 0 Å². The van der Waals surface area contributed by atoms with E-state index in [4.69, 9.17) is 0 Å². The maximum absolute atomic E-state index is 14.1. The number of halogens is 1. The van der Waals surface area contributed by atoms with Crippen molar-refractivity contribution >= 4 is 17.4 Å². The van der Waals surface area contributed by atoms with Crippen molar-refractivity contribution in [3.63, 3.8) is 0 Å². The quantitative estimate of drug-likeness (QED) is 0.204. The fourth-order valence-corrected chi connectivity index (χ4v) is 4.98. The molecule has 0 amide bonds. The molecule has 5 nitrogen and oxygen atoms in total. The van der Waals surface area contributed by atoms with Gasteiger partial charge in [-0.25, -0.2) is 4.39 Å². The summed E-state index contributed by atoms with van der Waals surface area (Å²) < 4.78 is 15.9. The van der Waals surface area contributed by atoms with E-state index < -0.39 is 0 Å². The second-order valence-electron chi connectivity index (χ2n) is 7.63. The molecule has 0 unspecified atom stereocenters. The van der Waals surface area contributed by atoms with Crippen LogP contribution in [0.15, 0.2) is 114 Å². The molecule has 0 aliphatic heterocycles. The Labute approximate surface area is 200 Å². The Bertz CT molecular complexity index is 1350. The minimum atomic E-state index is -0.349. The van der Waals surface area contributed by atoms with Crippen molar-refractivity contribution in [3.05, 3.63) is 126 Å². The molecule has 4 aromatic carbocycles. The number of rotatable bonds is 7. The first-order chi connectivity index (χ1) is 16.7. The summed E-state index contributed by atoms with van der Waals surface area (Å²) in [5.74, 6) is 0.162. The molecule has 5 rings (SSSR count). The third kappa shape index (κ3) is 4.57. The summed E-state index contributed by atoms with van der Waals surface area (Å²) >= 11 is 1.56. The van der Waals surface area contributed by atoms with Crippen molar-refractivity contribution in [2.75, 3.05) is 5.48 Å². The van der Waals surface area contributed by atoms with E-state index >= 15 is 0 Å². The molecule has 168 valence electrons. The lowest BCUT2D eigenvalue weighted by molar-refractivity contribution is 0.389. The highest BCUT2D eigenvalue weighted by molar-refractivity contribution is 7.99. The molecule has 7 heteroatoms. The zero-order chi connectivity index (χ0) is 23.3. The van der Waals surface area contributed by atoms with Crippen molar-refractivity contribution in [1.82, 2.24) is 14.8 Å². The lowest BCUT2D eigenvalue weighted by atomic mass is 10.0. The average molecular weight is 469 g/mol. The van der Waals surface area contributed by atoms with E-state index in [9.17, 15) is 9.60 Å². The molecule has 1 heterocycles. The van der Waals surface area contributed by atoms with E-state index in [-0.39, 0.29) is 11.1 Å². The van der Waals surface area contributed by atoms with Gasteiger partial charge < -0.3 is 0 Å². The molecule has 34 heavy (non-hydrogen) atoms. The molecule has 0 aliphatic rings. The molecule has 0 atom stereocenters. The number of nitrogens with zero attached hydrogens (tertiary/aromatic N) is 3. The van der Waals surface area contributed by atoms with E-state index in [2.05, 4.69) is 39.9 Å². The molecule has 0 bridgehead atoms. The highest BCUT2D eigenvalue weighted by Gasteiger charge is 2.23. The summed E-state index contributed by atoms with van der Waals surface area (Å²) in [7, 11) is 0. The second kappa shape index (κ2) is 9.91. The van der Waals surface area contributed by atoms with Gasteiger partial charge in [-0.2, -0.15) is 0 Å². The van der Waals surface area contributed by atoms with Crippen LogP contribution in [-0.4, -0.2) is 20.0 Å². The zero-order valence-electron chi connectivity index (χ0n) is 18.0. The van der Waals surface area contributed by atoms with E-state index in [0.717, 1.165) is 16.8 Å². The van der Waals surface area contributed by atoms with Crippen LogP contribution < -0.4 is 5.48 Å². The van der Waals surface area contributed by atoms with Gasteiger partial charge in [-0.1, -0.05) is 90.6 Å². The lowest BCUT2D eigenvalue weighted by Gasteiger charge is -2.18. The van der Waals surface area contributed by atoms with Gasteiger partial charge in [0.15, 0.2) is 11.0 Å².